The van der Waals surface area contributed by atoms with Crippen molar-refractivity contribution in [2.45, 2.75) is 129 Å². The minimum absolute atomic E-state index is 0.0155. The number of carbonyl (C=O) groups excluding carboxylic acids is 1. The predicted molar refractivity (Wildman–Crippen MR) is 178 cm³/mol. The number of hydrogen-bond donors (Lipinski definition) is 0. The average molecular weight is 599 g/mol. The number of benzene rings is 1. The fourth-order valence-corrected chi connectivity index (χ4v) is 6.75. The van der Waals surface area contributed by atoms with Gasteiger partial charge in [-0.15, -0.1) is 0 Å². The van der Waals surface area contributed by atoms with Crippen LogP contribution in [-0.4, -0.2) is 22.1 Å². The molecule has 0 radical (unpaired) electrons. The fraction of sp³-hybridized carbons (Fsp3) is 0.553. The largest absolute Gasteiger partial charge is 0.458 e. The van der Waals surface area contributed by atoms with Crippen molar-refractivity contribution in [3.63, 3.8) is 0 Å². The van der Waals surface area contributed by atoms with Gasteiger partial charge >= 0.3 is 5.97 Å². The van der Waals surface area contributed by atoms with Crippen LogP contribution in [-0.2, 0) is 33.0 Å². The Morgan fingerprint density at radius 3 is 2.30 bits per heavy atom. The summed E-state index contributed by atoms with van der Waals surface area (Å²) in [6.45, 7) is 5.11. The molecule has 3 aromatic rings. The number of para-hydroxylation sites is 1. The van der Waals surface area contributed by atoms with Crippen LogP contribution >= 0.6 is 0 Å². The first-order valence-electron chi connectivity index (χ1n) is 17.2. The number of allylic oxidation sites excluding steroid dienone is 2. The maximum atomic E-state index is 13.7. The van der Waals surface area contributed by atoms with Crippen LogP contribution in [0.5, 0.6) is 0 Å². The second-order valence-corrected chi connectivity index (χ2v) is 12.5. The molecule has 0 fully saturated rings. The van der Waals surface area contributed by atoms with Gasteiger partial charge in [0.1, 0.15) is 6.61 Å². The van der Waals surface area contributed by atoms with Crippen molar-refractivity contribution in [2.75, 3.05) is 6.61 Å². The molecule has 2 aliphatic rings. The molecule has 0 saturated carbocycles. The molecule has 0 aliphatic carbocycles. The molecule has 1 atom stereocenters. The van der Waals surface area contributed by atoms with Gasteiger partial charge in [0.25, 0.3) is 5.56 Å². The molecule has 0 unspecified atom stereocenters. The highest BCUT2D eigenvalue weighted by atomic mass is 16.6. The summed E-state index contributed by atoms with van der Waals surface area (Å²) in [7, 11) is 0. The van der Waals surface area contributed by atoms with Crippen LogP contribution in [0.15, 0.2) is 53.3 Å². The number of fused-ring (bicyclic) bond motifs is 5. The van der Waals surface area contributed by atoms with Gasteiger partial charge in [-0.25, -0.2) is 9.78 Å². The van der Waals surface area contributed by atoms with E-state index in [1.54, 1.807) is 4.57 Å². The molecule has 4 heterocycles. The highest BCUT2D eigenvalue weighted by Gasteiger charge is 2.48. The van der Waals surface area contributed by atoms with Gasteiger partial charge in [-0.05, 0) is 56.7 Å². The molecule has 0 bridgehead atoms. The standard InChI is InChI=1S/C38H50N2O4/c1-3-5-6-7-8-9-10-11-12-13-14-15-16-17-18-21-24-44-38(4-2)32-26-34-35-30(25-29-22-19-20-23-33(29)39-35)27-40(34)36(41)31(32)28-43-37(38)42/h11-12,19-20,22-23,25-26H,3-10,13-18,21,24,27-28H2,1-2H3/b12-11-/t38-/m0/s1. The lowest BCUT2D eigenvalue weighted by molar-refractivity contribution is -0.181. The molecule has 0 amide bonds. The molecule has 0 saturated heterocycles. The zero-order valence-corrected chi connectivity index (χ0v) is 26.9. The number of pyridine rings is 2. The van der Waals surface area contributed by atoms with Crippen molar-refractivity contribution >= 4 is 16.9 Å². The number of nitrogens with zero attached hydrogens (tertiary/aromatic N) is 2. The second kappa shape index (κ2) is 15.7. The number of aromatic nitrogens is 2. The summed E-state index contributed by atoms with van der Waals surface area (Å²) in [5.74, 6) is -0.397. The van der Waals surface area contributed by atoms with Crippen molar-refractivity contribution in [3.8, 4) is 11.4 Å². The quantitative estimate of drug-likeness (QED) is 0.0649. The van der Waals surface area contributed by atoms with E-state index in [0.717, 1.165) is 47.1 Å². The van der Waals surface area contributed by atoms with Crippen molar-refractivity contribution in [1.82, 2.24) is 9.55 Å². The van der Waals surface area contributed by atoms with Gasteiger partial charge < -0.3 is 14.0 Å². The number of esters is 1. The van der Waals surface area contributed by atoms with Gasteiger partial charge in [0.15, 0.2) is 5.60 Å². The van der Waals surface area contributed by atoms with E-state index in [9.17, 15) is 9.59 Å². The lowest BCUT2D eigenvalue weighted by atomic mass is 9.85. The Balaban J connectivity index is 1.11. The highest BCUT2D eigenvalue weighted by molar-refractivity contribution is 5.86. The van der Waals surface area contributed by atoms with E-state index in [1.165, 1.54) is 70.6 Å². The fourth-order valence-electron chi connectivity index (χ4n) is 6.75. The number of carbonyl (C=O) groups is 1. The summed E-state index contributed by atoms with van der Waals surface area (Å²) in [5, 5.41) is 1.05. The van der Waals surface area contributed by atoms with Crippen LogP contribution in [0, 0.1) is 0 Å². The van der Waals surface area contributed by atoms with Crippen molar-refractivity contribution < 1.29 is 14.3 Å². The van der Waals surface area contributed by atoms with Crippen LogP contribution < -0.4 is 5.56 Å². The van der Waals surface area contributed by atoms with E-state index >= 15 is 0 Å². The number of cyclic esters (lactones) is 1. The summed E-state index contributed by atoms with van der Waals surface area (Å²) in [6, 6.07) is 12.1. The highest BCUT2D eigenvalue weighted by Crippen LogP contribution is 2.41. The van der Waals surface area contributed by atoms with Crippen molar-refractivity contribution in [3.05, 3.63) is 75.6 Å². The van der Waals surface area contributed by atoms with Crippen molar-refractivity contribution in [1.29, 1.82) is 0 Å². The van der Waals surface area contributed by atoms with E-state index in [-0.39, 0.29) is 12.2 Å². The van der Waals surface area contributed by atoms with Crippen LogP contribution in [0.1, 0.15) is 127 Å². The Kier molecular flexibility index (Phi) is 11.4. The molecule has 0 N–H and O–H groups in total. The molecule has 6 nitrogen and oxygen atoms in total. The Bertz CT molecular complexity index is 1510. The lowest BCUT2D eigenvalue weighted by Gasteiger charge is -2.36. The van der Waals surface area contributed by atoms with E-state index in [0.29, 0.717) is 30.7 Å². The molecular formula is C38H50N2O4. The van der Waals surface area contributed by atoms with Gasteiger partial charge in [-0.3, -0.25) is 4.79 Å². The Hall–Kier alpha value is -3.25. The summed E-state index contributed by atoms with van der Waals surface area (Å²) < 4.78 is 13.7. The normalized spacial score (nSPS) is 17.2. The second-order valence-electron chi connectivity index (χ2n) is 12.5. The maximum absolute atomic E-state index is 13.7. The first-order chi connectivity index (χ1) is 21.6. The van der Waals surface area contributed by atoms with Gasteiger partial charge in [0, 0.05) is 23.1 Å². The number of ether oxygens (including phenoxy) is 2. The number of hydrogen-bond acceptors (Lipinski definition) is 5. The molecule has 0 spiro atoms. The maximum Gasteiger partial charge on any atom is 0.343 e. The summed E-state index contributed by atoms with van der Waals surface area (Å²) in [6.07, 6.45) is 22.5. The molecule has 2 aliphatic heterocycles. The Labute approximate surface area is 262 Å². The lowest BCUT2D eigenvalue weighted by Crippen LogP contribution is -2.46. The van der Waals surface area contributed by atoms with E-state index in [1.807, 2.05) is 37.3 Å². The van der Waals surface area contributed by atoms with E-state index in [2.05, 4.69) is 25.1 Å². The molecule has 236 valence electrons. The number of unbranched alkanes of at least 4 members (excludes halogenated alkanes) is 12. The molecule has 2 aromatic heterocycles. The van der Waals surface area contributed by atoms with Gasteiger partial charge in [-0.2, -0.15) is 0 Å². The third-order valence-electron chi connectivity index (χ3n) is 9.39. The molecule has 44 heavy (non-hydrogen) atoms. The van der Waals surface area contributed by atoms with Crippen LogP contribution in [0.4, 0.5) is 0 Å². The molecule has 6 heteroatoms. The van der Waals surface area contributed by atoms with Gasteiger partial charge in [0.2, 0.25) is 0 Å². The topological polar surface area (TPSA) is 70.4 Å². The van der Waals surface area contributed by atoms with E-state index in [4.69, 9.17) is 14.5 Å². The Morgan fingerprint density at radius 1 is 0.886 bits per heavy atom. The summed E-state index contributed by atoms with van der Waals surface area (Å²) in [4.78, 5) is 31.9. The molecule has 5 rings (SSSR count). The van der Waals surface area contributed by atoms with E-state index < -0.39 is 11.6 Å². The first-order valence-corrected chi connectivity index (χ1v) is 17.2. The third kappa shape index (κ3) is 7.17. The Morgan fingerprint density at radius 2 is 1.57 bits per heavy atom. The summed E-state index contributed by atoms with van der Waals surface area (Å²) >= 11 is 0. The zero-order chi connectivity index (χ0) is 30.8. The molecule has 1 aromatic carbocycles. The molecular weight excluding hydrogens is 548 g/mol. The predicted octanol–water partition coefficient (Wildman–Crippen LogP) is 9.14. The van der Waals surface area contributed by atoms with Crippen LogP contribution in [0.25, 0.3) is 22.3 Å². The SMILES string of the molecule is CCCCCCCC/C=C\CCCCCCCCO[C@]1(CC)C(=O)OCc2c1cc1n(c2=O)Cc2cc3ccccc3nc2-1. The third-order valence-corrected chi connectivity index (χ3v) is 9.39. The first kappa shape index (κ1) is 32.2. The minimum atomic E-state index is -1.26. The minimum Gasteiger partial charge on any atom is -0.458 e. The number of rotatable bonds is 18. The van der Waals surface area contributed by atoms with Gasteiger partial charge in [-0.1, -0.05) is 102 Å². The smallest absolute Gasteiger partial charge is 0.343 e. The van der Waals surface area contributed by atoms with Crippen molar-refractivity contribution in [2.24, 2.45) is 0 Å². The van der Waals surface area contributed by atoms with Crippen LogP contribution in [0.2, 0.25) is 0 Å². The monoisotopic (exact) mass is 598 g/mol. The van der Waals surface area contributed by atoms with Gasteiger partial charge in [0.05, 0.1) is 29.0 Å². The summed E-state index contributed by atoms with van der Waals surface area (Å²) in [5.41, 5.74) is 3.26. The van der Waals surface area contributed by atoms with Crippen LogP contribution in [0.3, 0.4) is 0 Å². The average Bonchev–Trinajstić information content (AvgIpc) is 3.40. The zero-order valence-electron chi connectivity index (χ0n) is 26.9.